The van der Waals surface area contributed by atoms with Gasteiger partial charge in [-0.15, -0.1) is 0 Å². The zero-order valence-electron chi connectivity index (χ0n) is 10.0. The Bertz CT molecular complexity index is 349. The lowest BCUT2D eigenvalue weighted by Gasteiger charge is -2.34. The molecule has 0 bridgehead atoms. The molecule has 0 spiro atoms. The van der Waals surface area contributed by atoms with Crippen LogP contribution in [0, 0.1) is 11.8 Å². The van der Waals surface area contributed by atoms with E-state index in [0.717, 1.165) is 24.8 Å². The van der Waals surface area contributed by atoms with Gasteiger partial charge in [0.15, 0.2) is 0 Å². The molecule has 1 unspecified atom stereocenters. The predicted octanol–water partition coefficient (Wildman–Crippen LogP) is 3.29. The van der Waals surface area contributed by atoms with Gasteiger partial charge < -0.3 is 9.73 Å². The second kappa shape index (κ2) is 4.25. The summed E-state index contributed by atoms with van der Waals surface area (Å²) < 4.78 is 5.69. The Morgan fingerprint density at radius 1 is 1.25 bits per heavy atom. The highest BCUT2D eigenvalue weighted by Crippen LogP contribution is 2.39. The van der Waals surface area contributed by atoms with Gasteiger partial charge in [-0.25, -0.2) is 0 Å². The Labute approximate surface area is 97.4 Å². The number of furan rings is 1. The zero-order valence-corrected chi connectivity index (χ0v) is 10.0. The van der Waals surface area contributed by atoms with E-state index in [9.17, 15) is 0 Å². The van der Waals surface area contributed by atoms with E-state index in [0.29, 0.717) is 6.04 Å². The average molecular weight is 219 g/mol. The lowest BCUT2D eigenvalue weighted by Crippen LogP contribution is -2.35. The van der Waals surface area contributed by atoms with Crippen LogP contribution in [0.15, 0.2) is 16.7 Å². The monoisotopic (exact) mass is 219 g/mol. The van der Waals surface area contributed by atoms with Crippen LogP contribution >= 0.6 is 0 Å². The Morgan fingerprint density at radius 2 is 2.06 bits per heavy atom. The summed E-state index contributed by atoms with van der Waals surface area (Å²) in [6.07, 6.45) is 8.48. The Morgan fingerprint density at radius 3 is 2.88 bits per heavy atom. The summed E-state index contributed by atoms with van der Waals surface area (Å²) in [6.45, 7) is 3.49. The van der Waals surface area contributed by atoms with Crippen LogP contribution in [0.4, 0.5) is 0 Å². The molecule has 1 aliphatic carbocycles. The van der Waals surface area contributed by atoms with E-state index < -0.39 is 0 Å². The molecule has 3 rings (SSSR count). The van der Waals surface area contributed by atoms with Gasteiger partial charge in [0, 0.05) is 0 Å². The zero-order chi connectivity index (χ0) is 11.0. The molecule has 1 fully saturated rings. The standard InChI is InChI=1S/C14H21NO/c1-10-2-4-11(5-3-10)13-14-12(6-8-15-13)7-9-16-14/h7,9-11,13,15H,2-6,8H2,1H3. The van der Waals surface area contributed by atoms with Crippen molar-refractivity contribution in [3.63, 3.8) is 0 Å². The highest BCUT2D eigenvalue weighted by atomic mass is 16.3. The SMILES string of the molecule is CC1CCC(C2NCCc3ccoc32)CC1. The first-order valence-corrected chi connectivity index (χ1v) is 6.64. The fourth-order valence-corrected chi connectivity index (χ4v) is 3.28. The normalized spacial score (nSPS) is 34.7. The third kappa shape index (κ3) is 1.80. The molecule has 0 amide bonds. The van der Waals surface area contributed by atoms with Crippen molar-refractivity contribution in [2.45, 2.75) is 45.1 Å². The third-order valence-electron chi connectivity index (χ3n) is 4.35. The summed E-state index contributed by atoms with van der Waals surface area (Å²) in [5.74, 6) is 2.95. The fraction of sp³-hybridized carbons (Fsp3) is 0.714. The van der Waals surface area contributed by atoms with Gasteiger partial charge in [0.05, 0.1) is 12.3 Å². The summed E-state index contributed by atoms with van der Waals surface area (Å²) in [5, 5.41) is 3.65. The van der Waals surface area contributed by atoms with E-state index in [2.05, 4.69) is 18.3 Å². The van der Waals surface area contributed by atoms with Crippen LogP contribution in [0.2, 0.25) is 0 Å². The lowest BCUT2D eigenvalue weighted by atomic mass is 9.77. The van der Waals surface area contributed by atoms with E-state index in [1.165, 1.54) is 37.0 Å². The number of rotatable bonds is 1. The van der Waals surface area contributed by atoms with E-state index in [1.807, 2.05) is 6.26 Å². The Hall–Kier alpha value is -0.760. The summed E-state index contributed by atoms with van der Waals surface area (Å²) >= 11 is 0. The van der Waals surface area contributed by atoms with Crippen molar-refractivity contribution in [2.75, 3.05) is 6.54 Å². The smallest absolute Gasteiger partial charge is 0.124 e. The van der Waals surface area contributed by atoms with Crippen molar-refractivity contribution < 1.29 is 4.42 Å². The number of hydrogen-bond donors (Lipinski definition) is 1. The highest BCUT2D eigenvalue weighted by molar-refractivity contribution is 5.24. The molecule has 2 heteroatoms. The maximum atomic E-state index is 5.69. The second-order valence-electron chi connectivity index (χ2n) is 5.51. The number of fused-ring (bicyclic) bond motifs is 1. The van der Waals surface area contributed by atoms with E-state index >= 15 is 0 Å². The Kier molecular flexibility index (Phi) is 2.76. The van der Waals surface area contributed by atoms with Crippen LogP contribution < -0.4 is 5.32 Å². The molecule has 0 saturated heterocycles. The van der Waals surface area contributed by atoms with E-state index in [-0.39, 0.29) is 0 Å². The lowest BCUT2D eigenvalue weighted by molar-refractivity contribution is 0.206. The molecule has 1 atom stereocenters. The van der Waals surface area contributed by atoms with E-state index in [1.54, 1.807) is 0 Å². The fourth-order valence-electron chi connectivity index (χ4n) is 3.28. The van der Waals surface area contributed by atoms with Crippen molar-refractivity contribution in [1.29, 1.82) is 0 Å². The summed E-state index contributed by atoms with van der Waals surface area (Å²) in [5.41, 5.74) is 1.43. The highest BCUT2D eigenvalue weighted by Gasteiger charge is 2.32. The van der Waals surface area contributed by atoms with Gasteiger partial charge in [-0.2, -0.15) is 0 Å². The quantitative estimate of drug-likeness (QED) is 0.784. The molecule has 88 valence electrons. The van der Waals surface area contributed by atoms with Gasteiger partial charge in [0.25, 0.3) is 0 Å². The first-order valence-electron chi connectivity index (χ1n) is 6.64. The molecular formula is C14H21NO. The topological polar surface area (TPSA) is 25.2 Å². The number of hydrogen-bond acceptors (Lipinski definition) is 2. The van der Waals surface area contributed by atoms with Crippen LogP contribution in [0.3, 0.4) is 0 Å². The Balaban J connectivity index is 1.77. The van der Waals surface area contributed by atoms with Gasteiger partial charge >= 0.3 is 0 Å². The minimum Gasteiger partial charge on any atom is -0.467 e. The second-order valence-corrected chi connectivity index (χ2v) is 5.51. The van der Waals surface area contributed by atoms with Crippen molar-refractivity contribution in [2.24, 2.45) is 11.8 Å². The molecule has 2 nitrogen and oxygen atoms in total. The maximum Gasteiger partial charge on any atom is 0.124 e. The predicted molar refractivity (Wildman–Crippen MR) is 64.3 cm³/mol. The maximum absolute atomic E-state index is 5.69. The molecule has 1 aliphatic heterocycles. The van der Waals surface area contributed by atoms with Gasteiger partial charge in [-0.05, 0) is 49.3 Å². The average Bonchev–Trinajstić information content (AvgIpc) is 2.78. The summed E-state index contributed by atoms with van der Waals surface area (Å²) in [4.78, 5) is 0. The minimum absolute atomic E-state index is 0.492. The van der Waals surface area contributed by atoms with Crippen LogP contribution in [-0.4, -0.2) is 6.54 Å². The largest absolute Gasteiger partial charge is 0.467 e. The van der Waals surface area contributed by atoms with Gasteiger partial charge in [0.2, 0.25) is 0 Å². The van der Waals surface area contributed by atoms with E-state index in [4.69, 9.17) is 4.42 Å². The van der Waals surface area contributed by atoms with Crippen LogP contribution in [0.25, 0.3) is 0 Å². The van der Waals surface area contributed by atoms with Crippen LogP contribution in [0.1, 0.15) is 50.0 Å². The first-order chi connectivity index (χ1) is 7.84. The molecule has 0 radical (unpaired) electrons. The van der Waals surface area contributed by atoms with Crippen molar-refractivity contribution >= 4 is 0 Å². The van der Waals surface area contributed by atoms with Crippen molar-refractivity contribution in [3.05, 3.63) is 23.7 Å². The third-order valence-corrected chi connectivity index (χ3v) is 4.35. The van der Waals surface area contributed by atoms with Gasteiger partial charge in [0.1, 0.15) is 5.76 Å². The van der Waals surface area contributed by atoms with Crippen LogP contribution in [-0.2, 0) is 6.42 Å². The van der Waals surface area contributed by atoms with Crippen molar-refractivity contribution in [3.8, 4) is 0 Å². The molecule has 1 saturated carbocycles. The molecule has 2 aliphatic rings. The molecule has 1 N–H and O–H groups in total. The minimum atomic E-state index is 0.492. The van der Waals surface area contributed by atoms with Gasteiger partial charge in [-0.3, -0.25) is 0 Å². The van der Waals surface area contributed by atoms with Crippen LogP contribution in [0.5, 0.6) is 0 Å². The molecule has 1 aromatic rings. The first kappa shape index (κ1) is 10.4. The van der Waals surface area contributed by atoms with Crippen molar-refractivity contribution in [1.82, 2.24) is 5.32 Å². The molecular weight excluding hydrogens is 198 g/mol. The summed E-state index contributed by atoms with van der Waals surface area (Å²) in [7, 11) is 0. The molecule has 2 heterocycles. The molecule has 0 aromatic carbocycles. The molecule has 16 heavy (non-hydrogen) atoms. The molecule has 1 aromatic heterocycles. The number of nitrogens with one attached hydrogen (secondary N) is 1. The summed E-state index contributed by atoms with van der Waals surface area (Å²) in [6, 6.07) is 2.64. The van der Waals surface area contributed by atoms with Gasteiger partial charge in [-0.1, -0.05) is 19.8 Å².